The van der Waals surface area contributed by atoms with Crippen LogP contribution in [0.4, 0.5) is 0 Å². The average Bonchev–Trinajstić information content (AvgIpc) is 1.83. The zero-order valence-corrected chi connectivity index (χ0v) is 6.24. The number of nitrogens with one attached hydrogen (secondary N) is 1. The fourth-order valence-corrected chi connectivity index (χ4v) is 1.30. The second-order valence-corrected chi connectivity index (χ2v) is 2.94. The molecule has 1 fully saturated rings. The fraction of sp³-hybridized carbons (Fsp3) is 0.800. The molecule has 1 N–H and O–H groups in total. The summed E-state index contributed by atoms with van der Waals surface area (Å²) in [5, 5.41) is 2.41. The normalized spacial score (nSPS) is 36.9. The molecule has 1 aliphatic rings. The van der Waals surface area contributed by atoms with E-state index in [0.717, 1.165) is 6.54 Å². The standard InChI is InChI=1S/C5H7Cl2NO/c6-3-1-2-8-5(7)4(3)9/h3,5,8H,1-2H2. The number of rotatable bonds is 0. The lowest BCUT2D eigenvalue weighted by molar-refractivity contribution is -0.119. The second kappa shape index (κ2) is 2.86. The van der Waals surface area contributed by atoms with Gasteiger partial charge in [-0.25, -0.2) is 0 Å². The molecular weight excluding hydrogens is 161 g/mol. The first-order chi connectivity index (χ1) is 4.22. The van der Waals surface area contributed by atoms with Gasteiger partial charge in [0.05, 0.1) is 5.38 Å². The molecule has 0 amide bonds. The van der Waals surface area contributed by atoms with Crippen molar-refractivity contribution >= 4 is 29.0 Å². The number of piperidine rings is 1. The highest BCUT2D eigenvalue weighted by Crippen LogP contribution is 2.12. The van der Waals surface area contributed by atoms with Gasteiger partial charge in [0.1, 0.15) is 5.50 Å². The van der Waals surface area contributed by atoms with Crippen molar-refractivity contribution in [1.29, 1.82) is 0 Å². The third-order valence-corrected chi connectivity index (χ3v) is 2.08. The molecule has 1 rings (SSSR count). The van der Waals surface area contributed by atoms with Crippen LogP contribution in [-0.2, 0) is 4.79 Å². The van der Waals surface area contributed by atoms with Gasteiger partial charge in [-0.05, 0) is 13.0 Å². The molecule has 0 spiro atoms. The van der Waals surface area contributed by atoms with E-state index in [1.807, 2.05) is 0 Å². The molecular formula is C5H7Cl2NO. The van der Waals surface area contributed by atoms with Crippen LogP contribution >= 0.6 is 23.2 Å². The summed E-state index contributed by atoms with van der Waals surface area (Å²) >= 11 is 11.1. The molecule has 1 aliphatic heterocycles. The predicted octanol–water partition coefficient (Wildman–Crippen LogP) is 0.721. The Kier molecular flexibility index (Phi) is 2.33. The summed E-state index contributed by atoms with van der Waals surface area (Å²) in [7, 11) is 0. The second-order valence-electron chi connectivity index (χ2n) is 1.98. The van der Waals surface area contributed by atoms with Crippen LogP contribution in [0.1, 0.15) is 6.42 Å². The van der Waals surface area contributed by atoms with Crippen LogP contribution in [-0.4, -0.2) is 23.2 Å². The Bertz CT molecular complexity index is 116. The first-order valence-corrected chi connectivity index (χ1v) is 3.64. The van der Waals surface area contributed by atoms with Crippen LogP contribution in [0.5, 0.6) is 0 Å². The SMILES string of the molecule is O=C1C(Cl)CCNC1Cl. The molecule has 2 atom stereocenters. The molecule has 0 aliphatic carbocycles. The largest absolute Gasteiger partial charge is 0.295 e. The van der Waals surface area contributed by atoms with Crippen molar-refractivity contribution in [2.45, 2.75) is 17.3 Å². The number of ketones is 1. The molecule has 2 nitrogen and oxygen atoms in total. The highest BCUT2D eigenvalue weighted by Gasteiger charge is 2.27. The van der Waals surface area contributed by atoms with Crippen molar-refractivity contribution in [1.82, 2.24) is 5.32 Å². The summed E-state index contributed by atoms with van der Waals surface area (Å²) in [6.45, 7) is 0.730. The highest BCUT2D eigenvalue weighted by atomic mass is 35.5. The van der Waals surface area contributed by atoms with Crippen molar-refractivity contribution in [3.63, 3.8) is 0 Å². The number of hydrogen-bond donors (Lipinski definition) is 1. The molecule has 4 heteroatoms. The Morgan fingerprint density at radius 2 is 2.22 bits per heavy atom. The Hall–Kier alpha value is 0.210. The lowest BCUT2D eigenvalue weighted by atomic mass is 10.1. The average molecular weight is 168 g/mol. The van der Waals surface area contributed by atoms with Crippen molar-refractivity contribution in [3.05, 3.63) is 0 Å². The third-order valence-electron chi connectivity index (χ3n) is 1.28. The zero-order chi connectivity index (χ0) is 6.85. The van der Waals surface area contributed by atoms with Crippen LogP contribution in [0.2, 0.25) is 0 Å². The minimum atomic E-state index is -0.568. The van der Waals surface area contributed by atoms with E-state index in [1.165, 1.54) is 0 Å². The van der Waals surface area contributed by atoms with E-state index in [-0.39, 0.29) is 11.2 Å². The quantitative estimate of drug-likeness (QED) is 0.426. The van der Waals surface area contributed by atoms with Gasteiger partial charge in [0.2, 0.25) is 0 Å². The molecule has 2 unspecified atom stereocenters. The van der Waals surface area contributed by atoms with E-state index in [4.69, 9.17) is 23.2 Å². The monoisotopic (exact) mass is 167 g/mol. The fourth-order valence-electron chi connectivity index (χ4n) is 0.738. The van der Waals surface area contributed by atoms with E-state index < -0.39 is 5.50 Å². The van der Waals surface area contributed by atoms with Gasteiger partial charge in [0.15, 0.2) is 5.78 Å². The summed E-state index contributed by atoms with van der Waals surface area (Å²) < 4.78 is 0. The van der Waals surface area contributed by atoms with E-state index >= 15 is 0 Å². The summed E-state index contributed by atoms with van der Waals surface area (Å²) in [6, 6.07) is 0. The van der Waals surface area contributed by atoms with E-state index in [2.05, 4.69) is 5.32 Å². The predicted molar refractivity (Wildman–Crippen MR) is 36.9 cm³/mol. The maximum Gasteiger partial charge on any atom is 0.182 e. The lowest BCUT2D eigenvalue weighted by Crippen LogP contribution is -2.43. The molecule has 0 aromatic carbocycles. The van der Waals surface area contributed by atoms with Gasteiger partial charge in [-0.2, -0.15) is 0 Å². The molecule has 0 bridgehead atoms. The van der Waals surface area contributed by atoms with Gasteiger partial charge in [0, 0.05) is 0 Å². The summed E-state index contributed by atoms with van der Waals surface area (Å²) in [6.07, 6.45) is 0.684. The zero-order valence-electron chi connectivity index (χ0n) is 4.73. The van der Waals surface area contributed by atoms with Crippen molar-refractivity contribution in [2.75, 3.05) is 6.54 Å². The molecule has 0 aromatic heterocycles. The third kappa shape index (κ3) is 1.57. The molecule has 9 heavy (non-hydrogen) atoms. The maximum atomic E-state index is 10.8. The summed E-state index contributed by atoms with van der Waals surface area (Å²) in [5.41, 5.74) is -0.568. The number of alkyl halides is 2. The topological polar surface area (TPSA) is 29.1 Å². The van der Waals surface area contributed by atoms with Gasteiger partial charge in [-0.15, -0.1) is 11.6 Å². The first-order valence-electron chi connectivity index (χ1n) is 2.77. The van der Waals surface area contributed by atoms with Crippen LogP contribution in [0.15, 0.2) is 0 Å². The van der Waals surface area contributed by atoms with Gasteiger partial charge in [0.25, 0.3) is 0 Å². The summed E-state index contributed by atoms with van der Waals surface area (Å²) in [4.78, 5) is 10.8. The number of Topliss-reactive ketones (excluding diaryl/α,β-unsaturated/α-hetero) is 1. The first kappa shape index (κ1) is 7.32. The molecule has 0 saturated carbocycles. The van der Waals surface area contributed by atoms with E-state index in [1.54, 1.807) is 0 Å². The van der Waals surface area contributed by atoms with Gasteiger partial charge >= 0.3 is 0 Å². The van der Waals surface area contributed by atoms with Crippen LogP contribution in [0, 0.1) is 0 Å². The molecule has 52 valence electrons. The molecule has 0 aromatic rings. The van der Waals surface area contributed by atoms with Gasteiger partial charge in [-0.3, -0.25) is 10.1 Å². The smallest absolute Gasteiger partial charge is 0.182 e. The highest BCUT2D eigenvalue weighted by molar-refractivity contribution is 6.40. The van der Waals surface area contributed by atoms with Crippen molar-refractivity contribution in [2.24, 2.45) is 0 Å². The Labute approximate surface area is 63.5 Å². The van der Waals surface area contributed by atoms with Crippen molar-refractivity contribution < 1.29 is 4.79 Å². The van der Waals surface area contributed by atoms with Crippen LogP contribution in [0.3, 0.4) is 0 Å². The Morgan fingerprint density at radius 1 is 1.56 bits per heavy atom. The Balaban J connectivity index is 2.52. The minimum Gasteiger partial charge on any atom is -0.295 e. The number of carbonyl (C=O) groups is 1. The Morgan fingerprint density at radius 3 is 2.67 bits per heavy atom. The lowest BCUT2D eigenvalue weighted by Gasteiger charge is -2.20. The molecule has 0 radical (unpaired) electrons. The van der Waals surface area contributed by atoms with Gasteiger partial charge in [-0.1, -0.05) is 11.6 Å². The summed E-state index contributed by atoms with van der Waals surface area (Å²) in [5.74, 6) is -0.107. The number of carbonyl (C=O) groups excluding carboxylic acids is 1. The minimum absolute atomic E-state index is 0.107. The van der Waals surface area contributed by atoms with Crippen LogP contribution in [0.25, 0.3) is 0 Å². The van der Waals surface area contributed by atoms with Gasteiger partial charge < -0.3 is 0 Å². The van der Waals surface area contributed by atoms with Crippen molar-refractivity contribution in [3.8, 4) is 0 Å². The molecule has 1 heterocycles. The number of halogens is 2. The maximum absolute atomic E-state index is 10.8. The number of hydrogen-bond acceptors (Lipinski definition) is 2. The molecule has 1 saturated heterocycles. The van der Waals surface area contributed by atoms with E-state index in [0.29, 0.717) is 6.42 Å². The van der Waals surface area contributed by atoms with E-state index in [9.17, 15) is 4.79 Å². The van der Waals surface area contributed by atoms with Crippen LogP contribution < -0.4 is 5.32 Å².